The lowest BCUT2D eigenvalue weighted by Crippen LogP contribution is -2.07. The number of aromatic amines is 1. The molecule has 8 heteroatoms. The number of hydrogen-bond acceptors (Lipinski definition) is 5. The molecular weight excluding hydrogens is 391 g/mol. The Kier molecular flexibility index (Phi) is 5.35. The number of rotatable bonds is 6. The standard InChI is InChI=1S/C21H19FN4O2S/c1-13-9-14(2)11-15(10-13)28-7-8-29-21-24-20(16-5-3-4-6-17(16)22)23-18-12-19(27)25-26(18)21/h3-6,9-12H,7-8H2,1-2H3,(H,25,27). The molecule has 0 saturated heterocycles. The molecule has 1 N–H and O–H groups in total. The van der Waals surface area contributed by atoms with Gasteiger partial charge < -0.3 is 4.74 Å². The lowest BCUT2D eigenvalue weighted by Gasteiger charge is -2.10. The fraction of sp³-hybridized carbons (Fsp3) is 0.190. The number of ether oxygens (including phenoxy) is 1. The molecule has 0 aliphatic rings. The summed E-state index contributed by atoms with van der Waals surface area (Å²) in [5.41, 5.74) is 2.67. The van der Waals surface area contributed by atoms with E-state index in [1.807, 2.05) is 26.0 Å². The van der Waals surface area contributed by atoms with Gasteiger partial charge in [-0.1, -0.05) is 30.0 Å². The lowest BCUT2D eigenvalue weighted by molar-refractivity contribution is 0.343. The van der Waals surface area contributed by atoms with Crippen LogP contribution in [0.25, 0.3) is 17.0 Å². The summed E-state index contributed by atoms with van der Waals surface area (Å²) in [5.74, 6) is 1.23. The number of benzene rings is 2. The van der Waals surface area contributed by atoms with Crippen LogP contribution in [0.15, 0.2) is 58.5 Å². The maximum atomic E-state index is 14.2. The summed E-state index contributed by atoms with van der Waals surface area (Å²) in [6.45, 7) is 4.51. The van der Waals surface area contributed by atoms with Gasteiger partial charge in [0.1, 0.15) is 11.6 Å². The van der Waals surface area contributed by atoms with Crippen molar-refractivity contribution >= 4 is 17.4 Å². The minimum absolute atomic E-state index is 0.236. The molecule has 0 unspecified atom stereocenters. The van der Waals surface area contributed by atoms with Crippen LogP contribution in [0.1, 0.15) is 11.1 Å². The molecule has 0 amide bonds. The van der Waals surface area contributed by atoms with E-state index in [0.29, 0.717) is 23.2 Å². The molecule has 6 nitrogen and oxygen atoms in total. The maximum absolute atomic E-state index is 14.2. The third-order valence-corrected chi connectivity index (χ3v) is 5.12. The van der Waals surface area contributed by atoms with Crippen molar-refractivity contribution in [1.29, 1.82) is 0 Å². The number of fused-ring (bicyclic) bond motifs is 1. The molecule has 4 rings (SSSR count). The van der Waals surface area contributed by atoms with Gasteiger partial charge in [-0.3, -0.25) is 9.89 Å². The van der Waals surface area contributed by atoms with Crippen LogP contribution in [0, 0.1) is 19.7 Å². The van der Waals surface area contributed by atoms with Gasteiger partial charge in [-0.15, -0.1) is 0 Å². The Bertz CT molecular complexity index is 1210. The summed E-state index contributed by atoms with van der Waals surface area (Å²) in [6.07, 6.45) is 0. The first-order chi connectivity index (χ1) is 14.0. The molecule has 2 heterocycles. The number of halogens is 1. The van der Waals surface area contributed by atoms with Crippen LogP contribution >= 0.6 is 11.8 Å². The normalized spacial score (nSPS) is 11.1. The monoisotopic (exact) mass is 410 g/mol. The van der Waals surface area contributed by atoms with E-state index in [2.05, 4.69) is 21.1 Å². The van der Waals surface area contributed by atoms with E-state index in [4.69, 9.17) is 4.74 Å². The SMILES string of the molecule is Cc1cc(C)cc(OCCSc2nc(-c3ccccc3F)nc3cc(=O)[nH]n23)c1. The summed E-state index contributed by atoms with van der Waals surface area (Å²) in [5, 5.41) is 3.19. The molecule has 2 aromatic heterocycles. The summed E-state index contributed by atoms with van der Waals surface area (Å²) in [6, 6.07) is 13.7. The zero-order valence-electron chi connectivity index (χ0n) is 16.0. The molecule has 0 saturated carbocycles. The minimum atomic E-state index is -0.413. The van der Waals surface area contributed by atoms with Gasteiger partial charge in [-0.25, -0.2) is 18.9 Å². The number of aromatic nitrogens is 4. The number of nitrogens with zero attached hydrogens (tertiary/aromatic N) is 3. The Morgan fingerprint density at radius 3 is 2.62 bits per heavy atom. The van der Waals surface area contributed by atoms with Crippen molar-refractivity contribution in [2.75, 3.05) is 12.4 Å². The van der Waals surface area contributed by atoms with Gasteiger partial charge >= 0.3 is 0 Å². The van der Waals surface area contributed by atoms with E-state index in [1.165, 1.54) is 28.4 Å². The van der Waals surface area contributed by atoms with Crippen LogP contribution in [-0.4, -0.2) is 31.9 Å². The van der Waals surface area contributed by atoms with Crippen LogP contribution in [0.3, 0.4) is 0 Å². The van der Waals surface area contributed by atoms with Gasteiger partial charge in [0.25, 0.3) is 5.56 Å². The minimum Gasteiger partial charge on any atom is -0.493 e. The Morgan fingerprint density at radius 2 is 1.86 bits per heavy atom. The molecule has 0 aliphatic heterocycles. The maximum Gasteiger partial charge on any atom is 0.266 e. The first kappa shape index (κ1) is 19.2. The zero-order valence-corrected chi connectivity index (χ0v) is 16.8. The Morgan fingerprint density at radius 1 is 1.10 bits per heavy atom. The summed E-state index contributed by atoms with van der Waals surface area (Å²) >= 11 is 1.40. The van der Waals surface area contributed by atoms with Gasteiger partial charge in [-0.2, -0.15) is 0 Å². The summed E-state index contributed by atoms with van der Waals surface area (Å²) < 4.78 is 21.5. The lowest BCUT2D eigenvalue weighted by atomic mass is 10.1. The average molecular weight is 410 g/mol. The summed E-state index contributed by atoms with van der Waals surface area (Å²) in [7, 11) is 0. The number of thioether (sulfide) groups is 1. The van der Waals surface area contributed by atoms with Crippen LogP contribution in [-0.2, 0) is 0 Å². The van der Waals surface area contributed by atoms with Crippen molar-refractivity contribution in [3.8, 4) is 17.1 Å². The van der Waals surface area contributed by atoms with Crippen molar-refractivity contribution in [3.05, 3.63) is 75.8 Å². The molecule has 2 aromatic carbocycles. The van der Waals surface area contributed by atoms with E-state index >= 15 is 0 Å². The van der Waals surface area contributed by atoms with E-state index in [0.717, 1.165) is 16.9 Å². The van der Waals surface area contributed by atoms with Crippen molar-refractivity contribution in [2.45, 2.75) is 19.0 Å². The second-order valence-corrected chi connectivity index (χ2v) is 7.71. The van der Waals surface area contributed by atoms with Crippen molar-refractivity contribution in [2.24, 2.45) is 0 Å². The van der Waals surface area contributed by atoms with E-state index in [9.17, 15) is 9.18 Å². The predicted molar refractivity (Wildman–Crippen MR) is 111 cm³/mol. The molecular formula is C21H19FN4O2S. The van der Waals surface area contributed by atoms with Gasteiger partial charge in [0.15, 0.2) is 16.6 Å². The summed E-state index contributed by atoms with van der Waals surface area (Å²) in [4.78, 5) is 20.6. The van der Waals surface area contributed by atoms with E-state index < -0.39 is 5.82 Å². The second-order valence-electron chi connectivity index (χ2n) is 6.64. The molecule has 0 bridgehead atoms. The van der Waals surface area contributed by atoms with Crippen molar-refractivity contribution in [3.63, 3.8) is 0 Å². The molecule has 0 radical (unpaired) electrons. The van der Waals surface area contributed by atoms with Crippen LogP contribution in [0.4, 0.5) is 4.39 Å². The Balaban J connectivity index is 1.56. The molecule has 0 spiro atoms. The molecule has 0 atom stereocenters. The quantitative estimate of drug-likeness (QED) is 0.384. The number of H-pyrrole nitrogens is 1. The van der Waals surface area contributed by atoms with Gasteiger partial charge in [0.05, 0.1) is 12.2 Å². The highest BCUT2D eigenvalue weighted by Gasteiger charge is 2.14. The number of aryl methyl sites for hydroxylation is 2. The third-order valence-electron chi connectivity index (χ3n) is 4.22. The van der Waals surface area contributed by atoms with Gasteiger partial charge in [-0.05, 0) is 49.2 Å². The van der Waals surface area contributed by atoms with E-state index in [-0.39, 0.29) is 16.9 Å². The number of nitrogens with one attached hydrogen (secondary N) is 1. The molecule has 148 valence electrons. The highest BCUT2D eigenvalue weighted by atomic mass is 32.2. The molecule has 29 heavy (non-hydrogen) atoms. The topological polar surface area (TPSA) is 72.3 Å². The third kappa shape index (κ3) is 4.32. The van der Waals surface area contributed by atoms with Crippen LogP contribution in [0.2, 0.25) is 0 Å². The predicted octanol–water partition coefficient (Wildman–Crippen LogP) is 4.01. The Hall–Kier alpha value is -3.13. The smallest absolute Gasteiger partial charge is 0.266 e. The fourth-order valence-corrected chi connectivity index (χ4v) is 3.82. The largest absolute Gasteiger partial charge is 0.493 e. The Labute approximate surface area is 170 Å². The first-order valence-corrected chi connectivity index (χ1v) is 10.1. The van der Waals surface area contributed by atoms with Crippen LogP contribution in [0.5, 0.6) is 5.75 Å². The van der Waals surface area contributed by atoms with Crippen molar-refractivity contribution < 1.29 is 9.13 Å². The molecule has 4 aromatic rings. The average Bonchev–Trinajstić information content (AvgIpc) is 3.05. The highest BCUT2D eigenvalue weighted by molar-refractivity contribution is 7.99. The second kappa shape index (κ2) is 8.08. The van der Waals surface area contributed by atoms with Crippen molar-refractivity contribution in [1.82, 2.24) is 19.6 Å². The van der Waals surface area contributed by atoms with E-state index in [1.54, 1.807) is 18.2 Å². The fourth-order valence-electron chi connectivity index (χ4n) is 3.05. The highest BCUT2D eigenvalue weighted by Crippen LogP contribution is 2.24. The molecule has 0 fully saturated rings. The molecule has 0 aliphatic carbocycles. The zero-order chi connectivity index (χ0) is 20.4. The van der Waals surface area contributed by atoms with Gasteiger partial charge in [0, 0.05) is 11.8 Å². The van der Waals surface area contributed by atoms with Crippen LogP contribution < -0.4 is 10.3 Å². The first-order valence-electron chi connectivity index (χ1n) is 9.08. The van der Waals surface area contributed by atoms with Gasteiger partial charge in [0.2, 0.25) is 0 Å². The number of hydrogen-bond donors (Lipinski definition) is 1.